The zero-order valence-corrected chi connectivity index (χ0v) is 10.2. The van der Waals surface area contributed by atoms with Gasteiger partial charge in [0.1, 0.15) is 0 Å². The molecule has 1 aliphatic carbocycles. The summed E-state index contributed by atoms with van der Waals surface area (Å²) in [5, 5.41) is 3.90. The minimum absolute atomic E-state index is 0.310. The predicted molar refractivity (Wildman–Crippen MR) is 60.5 cm³/mol. The van der Waals surface area contributed by atoms with E-state index in [1.54, 1.807) is 0 Å². The Morgan fingerprint density at radius 1 is 1.56 bits per heavy atom. The van der Waals surface area contributed by atoms with Gasteiger partial charge in [-0.3, -0.25) is 4.90 Å². The van der Waals surface area contributed by atoms with Crippen molar-refractivity contribution in [1.29, 1.82) is 0 Å². The van der Waals surface area contributed by atoms with Gasteiger partial charge in [0.25, 0.3) is 0 Å². The van der Waals surface area contributed by atoms with Crippen LogP contribution in [0.5, 0.6) is 0 Å². The van der Waals surface area contributed by atoms with Crippen molar-refractivity contribution >= 4 is 0 Å². The smallest absolute Gasteiger partial charge is 0.240 e. The lowest BCUT2D eigenvalue weighted by molar-refractivity contribution is 0.172. The van der Waals surface area contributed by atoms with E-state index in [0.717, 1.165) is 12.4 Å². The van der Waals surface area contributed by atoms with Gasteiger partial charge in [0, 0.05) is 6.04 Å². The second kappa shape index (κ2) is 4.14. The fourth-order valence-corrected chi connectivity index (χ4v) is 1.94. The average molecular weight is 224 g/mol. The summed E-state index contributed by atoms with van der Waals surface area (Å²) in [6.07, 6.45) is 2.64. The molecule has 1 fully saturated rings. The molecule has 1 atom stereocenters. The number of rotatable bonds is 5. The van der Waals surface area contributed by atoms with Gasteiger partial charge in [0.15, 0.2) is 5.82 Å². The molecule has 5 nitrogen and oxygen atoms in total. The molecule has 0 spiro atoms. The van der Waals surface area contributed by atoms with Crippen molar-refractivity contribution in [3.05, 3.63) is 11.7 Å². The van der Waals surface area contributed by atoms with Crippen molar-refractivity contribution in [2.24, 2.45) is 11.1 Å². The zero-order valence-electron chi connectivity index (χ0n) is 10.2. The highest BCUT2D eigenvalue weighted by atomic mass is 16.5. The zero-order chi connectivity index (χ0) is 11.8. The molecule has 1 aliphatic rings. The summed E-state index contributed by atoms with van der Waals surface area (Å²) >= 11 is 0. The highest BCUT2D eigenvalue weighted by Gasteiger charge is 2.44. The van der Waals surface area contributed by atoms with E-state index >= 15 is 0 Å². The van der Waals surface area contributed by atoms with Crippen LogP contribution in [0.4, 0.5) is 0 Å². The molecule has 16 heavy (non-hydrogen) atoms. The normalized spacial score (nSPS) is 20.1. The predicted octanol–water partition coefficient (Wildman–Crippen LogP) is 1.15. The number of nitrogens with zero attached hydrogens (tertiary/aromatic N) is 3. The largest absolute Gasteiger partial charge is 0.338 e. The molecular formula is C11H20N4O. The number of aromatic nitrogens is 2. The molecule has 1 aromatic rings. The van der Waals surface area contributed by atoms with Crippen molar-refractivity contribution in [1.82, 2.24) is 15.0 Å². The highest BCUT2D eigenvalue weighted by Crippen LogP contribution is 2.49. The van der Waals surface area contributed by atoms with E-state index in [1.807, 2.05) is 0 Å². The molecule has 1 aromatic heterocycles. The van der Waals surface area contributed by atoms with E-state index in [2.05, 4.69) is 35.9 Å². The van der Waals surface area contributed by atoms with E-state index in [-0.39, 0.29) is 0 Å². The standard InChI is InChI=1S/C11H20N4O/c1-8(11(2)4-5-11)15(3)7-9-13-10(6-12)16-14-9/h8H,4-7,12H2,1-3H3. The maximum absolute atomic E-state index is 5.42. The van der Waals surface area contributed by atoms with Crippen molar-refractivity contribution in [3.63, 3.8) is 0 Å². The third-order valence-corrected chi connectivity index (χ3v) is 3.78. The minimum atomic E-state index is 0.310. The Labute approximate surface area is 96.0 Å². The second-order valence-corrected chi connectivity index (χ2v) is 5.05. The lowest BCUT2D eigenvalue weighted by Gasteiger charge is -2.28. The van der Waals surface area contributed by atoms with E-state index in [9.17, 15) is 0 Å². The third kappa shape index (κ3) is 2.25. The van der Waals surface area contributed by atoms with E-state index in [0.29, 0.717) is 23.9 Å². The van der Waals surface area contributed by atoms with Crippen LogP contribution in [0.15, 0.2) is 4.52 Å². The van der Waals surface area contributed by atoms with Crippen LogP contribution >= 0.6 is 0 Å². The summed E-state index contributed by atoms with van der Waals surface area (Å²) in [6, 6.07) is 0.548. The molecule has 1 saturated carbocycles. The van der Waals surface area contributed by atoms with Crippen LogP contribution in [-0.2, 0) is 13.1 Å². The average Bonchev–Trinajstić information content (AvgIpc) is 2.86. The Morgan fingerprint density at radius 3 is 2.75 bits per heavy atom. The summed E-state index contributed by atoms with van der Waals surface area (Å²) in [6.45, 7) is 5.62. The van der Waals surface area contributed by atoms with E-state index in [1.165, 1.54) is 12.8 Å². The first-order valence-electron chi connectivity index (χ1n) is 5.77. The Balaban J connectivity index is 1.93. The van der Waals surface area contributed by atoms with Gasteiger partial charge in [0.2, 0.25) is 5.89 Å². The van der Waals surface area contributed by atoms with Crippen LogP contribution in [-0.4, -0.2) is 28.1 Å². The topological polar surface area (TPSA) is 68.2 Å². The Hall–Kier alpha value is -0.940. The van der Waals surface area contributed by atoms with Gasteiger partial charge in [-0.15, -0.1) is 0 Å². The molecular weight excluding hydrogens is 204 g/mol. The lowest BCUT2D eigenvalue weighted by Crippen LogP contribution is -2.35. The van der Waals surface area contributed by atoms with Crippen LogP contribution in [0.1, 0.15) is 38.4 Å². The van der Waals surface area contributed by atoms with Gasteiger partial charge in [-0.1, -0.05) is 12.1 Å². The maximum atomic E-state index is 5.42. The third-order valence-electron chi connectivity index (χ3n) is 3.78. The summed E-state index contributed by atoms with van der Waals surface area (Å²) in [5.74, 6) is 1.23. The SMILES string of the molecule is CC(N(C)Cc1noc(CN)n1)C1(C)CC1. The van der Waals surface area contributed by atoms with Crippen LogP contribution in [0.3, 0.4) is 0 Å². The maximum Gasteiger partial charge on any atom is 0.240 e. The minimum Gasteiger partial charge on any atom is -0.338 e. The second-order valence-electron chi connectivity index (χ2n) is 5.05. The Bertz CT molecular complexity index is 359. The summed E-state index contributed by atoms with van der Waals surface area (Å²) < 4.78 is 4.98. The van der Waals surface area contributed by atoms with Crippen LogP contribution in [0.2, 0.25) is 0 Å². The first-order chi connectivity index (χ1) is 7.55. The lowest BCUT2D eigenvalue weighted by atomic mass is 10.00. The molecule has 0 saturated heterocycles. The van der Waals surface area contributed by atoms with Crippen molar-refractivity contribution < 1.29 is 4.52 Å². The van der Waals surface area contributed by atoms with Gasteiger partial charge in [-0.25, -0.2) is 0 Å². The Kier molecular flexibility index (Phi) is 2.99. The van der Waals surface area contributed by atoms with Gasteiger partial charge < -0.3 is 10.3 Å². The summed E-state index contributed by atoms with van der Waals surface area (Å²) in [4.78, 5) is 6.49. The van der Waals surface area contributed by atoms with Gasteiger partial charge in [0.05, 0.1) is 13.1 Å². The van der Waals surface area contributed by atoms with Crippen molar-refractivity contribution in [2.75, 3.05) is 7.05 Å². The number of hydrogen-bond donors (Lipinski definition) is 1. The van der Waals surface area contributed by atoms with Gasteiger partial charge in [-0.05, 0) is 32.2 Å². The molecule has 2 N–H and O–H groups in total. The summed E-state index contributed by atoms with van der Waals surface area (Å²) in [5.41, 5.74) is 5.90. The molecule has 0 bridgehead atoms. The molecule has 0 aliphatic heterocycles. The first-order valence-corrected chi connectivity index (χ1v) is 5.77. The van der Waals surface area contributed by atoms with Crippen LogP contribution in [0.25, 0.3) is 0 Å². The molecule has 0 amide bonds. The molecule has 2 rings (SSSR count). The molecule has 90 valence electrons. The molecule has 1 heterocycles. The Morgan fingerprint density at radius 2 is 2.25 bits per heavy atom. The molecule has 0 radical (unpaired) electrons. The number of hydrogen-bond acceptors (Lipinski definition) is 5. The van der Waals surface area contributed by atoms with Gasteiger partial charge in [-0.2, -0.15) is 4.98 Å². The fraction of sp³-hybridized carbons (Fsp3) is 0.818. The monoisotopic (exact) mass is 224 g/mol. The summed E-state index contributed by atoms with van der Waals surface area (Å²) in [7, 11) is 2.10. The van der Waals surface area contributed by atoms with Crippen molar-refractivity contribution in [3.8, 4) is 0 Å². The van der Waals surface area contributed by atoms with E-state index in [4.69, 9.17) is 10.3 Å². The molecule has 0 aromatic carbocycles. The molecule has 1 unspecified atom stereocenters. The first kappa shape index (κ1) is 11.5. The number of nitrogens with two attached hydrogens (primary N) is 1. The van der Waals surface area contributed by atoms with Crippen LogP contribution < -0.4 is 5.73 Å². The van der Waals surface area contributed by atoms with E-state index < -0.39 is 0 Å². The van der Waals surface area contributed by atoms with Crippen molar-refractivity contribution in [2.45, 2.75) is 45.8 Å². The quantitative estimate of drug-likeness (QED) is 0.812. The van der Waals surface area contributed by atoms with Gasteiger partial charge >= 0.3 is 0 Å². The highest BCUT2D eigenvalue weighted by molar-refractivity contribution is 4.98. The fourth-order valence-electron chi connectivity index (χ4n) is 1.94. The van der Waals surface area contributed by atoms with Crippen LogP contribution in [0, 0.1) is 5.41 Å². The molecule has 5 heteroatoms.